The molecule has 1 aromatic heterocycles. The van der Waals surface area contributed by atoms with Crippen molar-refractivity contribution in [3.8, 4) is 11.5 Å². The fourth-order valence-electron chi connectivity index (χ4n) is 4.39. The molecule has 3 aromatic rings. The summed E-state index contributed by atoms with van der Waals surface area (Å²) in [5.74, 6) is 2.45. The zero-order valence-corrected chi connectivity index (χ0v) is 18.3. The predicted octanol–water partition coefficient (Wildman–Crippen LogP) is 4.22. The average molecular weight is 433 g/mol. The highest BCUT2D eigenvalue weighted by atomic mass is 16.5. The van der Waals surface area contributed by atoms with E-state index in [1.165, 1.54) is 12.8 Å². The first-order valence-corrected chi connectivity index (χ1v) is 11.3. The third-order valence-corrected chi connectivity index (χ3v) is 6.26. The van der Waals surface area contributed by atoms with Crippen LogP contribution in [-0.2, 0) is 6.61 Å². The Bertz CT molecular complexity index is 1080. The van der Waals surface area contributed by atoms with Gasteiger partial charge in [0.05, 0.1) is 7.11 Å². The fourth-order valence-corrected chi connectivity index (χ4v) is 4.39. The summed E-state index contributed by atoms with van der Waals surface area (Å²) in [7, 11) is 1.60. The van der Waals surface area contributed by atoms with Crippen molar-refractivity contribution in [2.45, 2.75) is 44.2 Å². The van der Waals surface area contributed by atoms with Crippen molar-refractivity contribution in [3.63, 3.8) is 0 Å². The van der Waals surface area contributed by atoms with Crippen LogP contribution in [0.3, 0.4) is 0 Å². The van der Waals surface area contributed by atoms with Gasteiger partial charge in [0.25, 0.3) is 5.91 Å². The maximum absolute atomic E-state index is 13.3. The second-order valence-electron chi connectivity index (χ2n) is 8.56. The van der Waals surface area contributed by atoms with Crippen LogP contribution in [0.25, 0.3) is 0 Å². The van der Waals surface area contributed by atoms with Gasteiger partial charge in [0.1, 0.15) is 18.8 Å². The van der Waals surface area contributed by atoms with Gasteiger partial charge in [-0.1, -0.05) is 30.3 Å². The molecule has 1 saturated heterocycles. The largest absolute Gasteiger partial charge is 0.493 e. The van der Waals surface area contributed by atoms with E-state index in [0.29, 0.717) is 36.3 Å². The summed E-state index contributed by atoms with van der Waals surface area (Å²) in [6.07, 6.45) is 6.22. The van der Waals surface area contributed by atoms with Gasteiger partial charge in [0.2, 0.25) is 0 Å². The van der Waals surface area contributed by atoms with Crippen molar-refractivity contribution in [3.05, 3.63) is 71.8 Å². The molecule has 1 aliphatic heterocycles. The molecule has 2 fully saturated rings. The Morgan fingerprint density at radius 1 is 1.09 bits per heavy atom. The first-order chi connectivity index (χ1) is 15.7. The minimum Gasteiger partial charge on any atom is -0.493 e. The number of hydrogen-bond donors (Lipinski definition) is 0. The monoisotopic (exact) mass is 432 g/mol. The zero-order chi connectivity index (χ0) is 21.9. The van der Waals surface area contributed by atoms with Crippen LogP contribution >= 0.6 is 0 Å². The van der Waals surface area contributed by atoms with E-state index < -0.39 is 0 Å². The summed E-state index contributed by atoms with van der Waals surface area (Å²) < 4.78 is 13.7. The second kappa shape index (κ2) is 9.02. The number of aromatic nitrogens is 3. The normalized spacial score (nSPS) is 18.4. The van der Waals surface area contributed by atoms with Crippen LogP contribution in [0.2, 0.25) is 0 Å². The van der Waals surface area contributed by atoms with Gasteiger partial charge in [-0.05, 0) is 49.4 Å². The molecule has 1 saturated carbocycles. The van der Waals surface area contributed by atoms with Crippen molar-refractivity contribution in [2.24, 2.45) is 0 Å². The van der Waals surface area contributed by atoms with E-state index >= 15 is 0 Å². The molecule has 1 atom stereocenters. The van der Waals surface area contributed by atoms with E-state index in [2.05, 4.69) is 14.8 Å². The number of benzene rings is 2. The molecular formula is C25H28N4O3. The van der Waals surface area contributed by atoms with Crippen molar-refractivity contribution >= 4 is 5.91 Å². The van der Waals surface area contributed by atoms with Crippen molar-refractivity contribution < 1.29 is 14.3 Å². The first-order valence-electron chi connectivity index (χ1n) is 11.3. The van der Waals surface area contributed by atoms with Crippen molar-refractivity contribution in [1.29, 1.82) is 0 Å². The molecule has 0 spiro atoms. The molecule has 32 heavy (non-hydrogen) atoms. The standard InChI is InChI=1S/C25H28N4O3/c1-31-23-14-19(9-12-22(23)32-16-18-6-3-2-4-7-18)25(30)28-13-5-8-20(15-28)24-27-26-17-29(24)21-10-11-21/h2-4,6-7,9,12,14,17,20-21H,5,8,10-11,13,15-16H2,1H3. The molecule has 5 rings (SSSR count). The number of rotatable bonds is 7. The van der Waals surface area contributed by atoms with Crippen LogP contribution in [0.5, 0.6) is 11.5 Å². The molecule has 7 nitrogen and oxygen atoms in total. The van der Waals surface area contributed by atoms with Crippen LogP contribution in [0.15, 0.2) is 54.9 Å². The molecule has 1 unspecified atom stereocenters. The Hall–Kier alpha value is -3.35. The summed E-state index contributed by atoms with van der Waals surface area (Å²) in [6.45, 7) is 1.86. The molecule has 2 heterocycles. The second-order valence-corrected chi connectivity index (χ2v) is 8.56. The van der Waals surface area contributed by atoms with Crippen LogP contribution in [0, 0.1) is 0 Å². The lowest BCUT2D eigenvalue weighted by Gasteiger charge is -2.32. The highest BCUT2D eigenvalue weighted by Crippen LogP contribution is 2.38. The highest BCUT2D eigenvalue weighted by Gasteiger charge is 2.33. The molecule has 166 valence electrons. The lowest BCUT2D eigenvalue weighted by molar-refractivity contribution is 0.0702. The summed E-state index contributed by atoms with van der Waals surface area (Å²) in [5, 5.41) is 8.53. The van der Waals surface area contributed by atoms with Crippen molar-refractivity contribution in [1.82, 2.24) is 19.7 Å². The average Bonchev–Trinajstić information content (AvgIpc) is 3.58. The van der Waals surface area contributed by atoms with Crippen LogP contribution < -0.4 is 9.47 Å². The van der Waals surface area contributed by atoms with E-state index in [9.17, 15) is 4.79 Å². The van der Waals surface area contributed by atoms with E-state index in [-0.39, 0.29) is 11.8 Å². The molecule has 0 bridgehead atoms. The van der Waals surface area contributed by atoms with Gasteiger partial charge in [-0.25, -0.2) is 0 Å². The number of nitrogens with zero attached hydrogens (tertiary/aromatic N) is 4. The van der Waals surface area contributed by atoms with Gasteiger partial charge in [-0.2, -0.15) is 0 Å². The SMILES string of the molecule is COc1cc(C(=O)N2CCCC(c3nncn3C3CC3)C2)ccc1OCc1ccccc1. The van der Waals surface area contributed by atoms with E-state index in [4.69, 9.17) is 9.47 Å². The Balaban J connectivity index is 1.28. The fraction of sp³-hybridized carbons (Fsp3) is 0.400. The van der Waals surface area contributed by atoms with Crippen LogP contribution in [0.4, 0.5) is 0 Å². The molecule has 0 N–H and O–H groups in total. The topological polar surface area (TPSA) is 69.5 Å². The molecule has 2 aliphatic rings. The Morgan fingerprint density at radius 3 is 2.72 bits per heavy atom. The smallest absolute Gasteiger partial charge is 0.254 e. The highest BCUT2D eigenvalue weighted by molar-refractivity contribution is 5.95. The number of likely N-dealkylation sites (tertiary alicyclic amines) is 1. The number of ether oxygens (including phenoxy) is 2. The zero-order valence-electron chi connectivity index (χ0n) is 18.3. The summed E-state index contributed by atoms with van der Waals surface area (Å²) in [6, 6.07) is 15.9. The van der Waals surface area contributed by atoms with Gasteiger partial charge in [0, 0.05) is 30.6 Å². The van der Waals surface area contributed by atoms with Gasteiger partial charge < -0.3 is 18.9 Å². The number of piperidine rings is 1. The van der Waals surface area contributed by atoms with Gasteiger partial charge in [-0.3, -0.25) is 4.79 Å². The minimum atomic E-state index is 0.0140. The summed E-state index contributed by atoms with van der Waals surface area (Å²) in [5.41, 5.74) is 1.69. The van der Waals surface area contributed by atoms with Crippen LogP contribution in [0.1, 0.15) is 59.4 Å². The number of carbonyl (C=O) groups excluding carboxylic acids is 1. The lowest BCUT2D eigenvalue weighted by atomic mass is 9.96. The van der Waals surface area contributed by atoms with E-state index in [1.54, 1.807) is 13.2 Å². The quantitative estimate of drug-likeness (QED) is 0.559. The van der Waals surface area contributed by atoms with Crippen LogP contribution in [-0.4, -0.2) is 45.8 Å². The Labute approximate surface area is 188 Å². The Morgan fingerprint density at radius 2 is 1.94 bits per heavy atom. The van der Waals surface area contributed by atoms with E-state index in [1.807, 2.05) is 53.7 Å². The number of hydrogen-bond acceptors (Lipinski definition) is 5. The molecular weight excluding hydrogens is 404 g/mol. The molecule has 0 radical (unpaired) electrons. The Kier molecular flexibility index (Phi) is 5.79. The minimum absolute atomic E-state index is 0.0140. The summed E-state index contributed by atoms with van der Waals surface area (Å²) in [4.78, 5) is 15.2. The molecule has 1 aliphatic carbocycles. The van der Waals surface area contributed by atoms with Gasteiger partial charge in [0.15, 0.2) is 11.5 Å². The number of amides is 1. The van der Waals surface area contributed by atoms with E-state index in [0.717, 1.165) is 30.8 Å². The molecule has 7 heteroatoms. The van der Waals surface area contributed by atoms with Crippen molar-refractivity contribution in [2.75, 3.05) is 20.2 Å². The summed E-state index contributed by atoms with van der Waals surface area (Å²) >= 11 is 0. The predicted molar refractivity (Wildman–Crippen MR) is 120 cm³/mol. The third kappa shape index (κ3) is 4.33. The van der Waals surface area contributed by atoms with Gasteiger partial charge in [-0.15, -0.1) is 10.2 Å². The number of methoxy groups -OCH3 is 1. The first kappa shape index (κ1) is 20.5. The van der Waals surface area contributed by atoms with Gasteiger partial charge >= 0.3 is 0 Å². The maximum Gasteiger partial charge on any atom is 0.254 e. The maximum atomic E-state index is 13.3. The third-order valence-electron chi connectivity index (χ3n) is 6.26. The number of carbonyl (C=O) groups is 1. The lowest BCUT2D eigenvalue weighted by Crippen LogP contribution is -2.39. The molecule has 2 aromatic carbocycles. The molecule has 1 amide bonds.